The molecule has 2 aromatic carbocycles. The Morgan fingerprint density at radius 1 is 1.07 bits per heavy atom. The monoisotopic (exact) mass is 440 g/mol. The maximum absolute atomic E-state index is 14.0. The summed E-state index contributed by atoms with van der Waals surface area (Å²) >= 11 is 6.08. The molecular formula is C22H21ClF4N2O. The molecule has 2 fully saturated rings. The molecule has 8 heteroatoms. The highest BCUT2D eigenvalue weighted by molar-refractivity contribution is 6.30. The lowest BCUT2D eigenvalue weighted by Gasteiger charge is -2.39. The fraction of sp³-hybridized carbons (Fsp3) is 0.409. The summed E-state index contributed by atoms with van der Waals surface area (Å²) in [5.74, 6) is -2.37. The molecular weight excluding hydrogens is 420 g/mol. The summed E-state index contributed by atoms with van der Waals surface area (Å²) in [7, 11) is 0. The highest BCUT2D eigenvalue weighted by Gasteiger charge is 2.76. The van der Waals surface area contributed by atoms with Gasteiger partial charge in [-0.25, -0.2) is 4.39 Å². The number of piperazine rings is 1. The fourth-order valence-electron chi connectivity index (χ4n) is 4.39. The number of halogens is 5. The van der Waals surface area contributed by atoms with E-state index in [0.29, 0.717) is 23.7 Å². The molecule has 0 bridgehead atoms. The highest BCUT2D eigenvalue weighted by Crippen LogP contribution is 2.68. The molecule has 30 heavy (non-hydrogen) atoms. The summed E-state index contributed by atoms with van der Waals surface area (Å²) in [4.78, 5) is 16.4. The SMILES string of the molecule is Cc1ccc(Cl)cc1N1CCN(C(=O)[C@]2(C(F)(F)F)CC2c2ccc(F)cc2)CC1. The second-order valence-electron chi connectivity index (χ2n) is 7.99. The molecule has 0 radical (unpaired) electrons. The molecule has 1 aliphatic carbocycles. The third-order valence-corrected chi connectivity index (χ3v) is 6.43. The molecule has 0 aromatic heterocycles. The Balaban J connectivity index is 1.51. The molecule has 2 aliphatic rings. The maximum atomic E-state index is 14.0. The topological polar surface area (TPSA) is 23.6 Å². The normalized spacial score (nSPS) is 24.1. The van der Waals surface area contributed by atoms with Gasteiger partial charge in [-0.1, -0.05) is 29.8 Å². The van der Waals surface area contributed by atoms with Gasteiger partial charge in [0.05, 0.1) is 0 Å². The standard InChI is InChI=1S/C22H21ClF4N2O/c1-14-2-5-16(23)12-19(14)28-8-10-29(11-9-28)20(30)21(22(25,26)27)13-18(21)15-3-6-17(24)7-4-15/h2-7,12,18H,8-11,13H2,1H3/t18?,21-/m0/s1. The molecule has 1 saturated heterocycles. The Morgan fingerprint density at radius 3 is 2.30 bits per heavy atom. The number of carbonyl (C=O) groups is 1. The summed E-state index contributed by atoms with van der Waals surface area (Å²) < 4.78 is 55.2. The second-order valence-corrected chi connectivity index (χ2v) is 8.42. The summed E-state index contributed by atoms with van der Waals surface area (Å²) in [5, 5.41) is 0.588. The molecule has 3 nitrogen and oxygen atoms in total. The van der Waals surface area contributed by atoms with Crippen molar-refractivity contribution in [1.29, 1.82) is 0 Å². The summed E-state index contributed by atoms with van der Waals surface area (Å²) in [5.41, 5.74) is -0.130. The average Bonchev–Trinajstić information content (AvgIpc) is 3.47. The largest absolute Gasteiger partial charge is 0.403 e. The van der Waals surface area contributed by atoms with E-state index in [9.17, 15) is 22.4 Å². The van der Waals surface area contributed by atoms with Crippen LogP contribution in [0, 0.1) is 18.2 Å². The smallest absolute Gasteiger partial charge is 0.368 e. The number of benzene rings is 2. The van der Waals surface area contributed by atoms with E-state index in [1.165, 1.54) is 17.0 Å². The minimum Gasteiger partial charge on any atom is -0.368 e. The van der Waals surface area contributed by atoms with Gasteiger partial charge in [0.1, 0.15) is 5.82 Å². The van der Waals surface area contributed by atoms with Gasteiger partial charge in [-0.05, 0) is 48.7 Å². The zero-order valence-electron chi connectivity index (χ0n) is 16.3. The van der Waals surface area contributed by atoms with Crippen molar-refractivity contribution in [2.75, 3.05) is 31.1 Å². The molecule has 1 heterocycles. The quantitative estimate of drug-likeness (QED) is 0.614. The number of anilines is 1. The van der Waals surface area contributed by atoms with Crippen LogP contribution in [0.4, 0.5) is 23.2 Å². The number of hydrogen-bond acceptors (Lipinski definition) is 2. The molecule has 1 saturated carbocycles. The van der Waals surface area contributed by atoms with Gasteiger partial charge in [0.15, 0.2) is 5.41 Å². The van der Waals surface area contributed by atoms with E-state index in [4.69, 9.17) is 11.6 Å². The number of carbonyl (C=O) groups excluding carboxylic acids is 1. The van der Waals surface area contributed by atoms with Gasteiger partial charge in [-0.2, -0.15) is 13.2 Å². The zero-order valence-corrected chi connectivity index (χ0v) is 17.1. The van der Waals surface area contributed by atoms with E-state index in [0.717, 1.165) is 23.4 Å². The number of nitrogens with zero attached hydrogens (tertiary/aromatic N) is 2. The first-order valence-electron chi connectivity index (χ1n) is 9.76. The lowest BCUT2D eigenvalue weighted by atomic mass is 9.96. The van der Waals surface area contributed by atoms with E-state index < -0.39 is 29.2 Å². The second kappa shape index (κ2) is 7.45. The van der Waals surface area contributed by atoms with Gasteiger partial charge in [0, 0.05) is 42.8 Å². The number of amides is 1. The van der Waals surface area contributed by atoms with Crippen LogP contribution < -0.4 is 4.90 Å². The van der Waals surface area contributed by atoms with Gasteiger partial charge in [-0.3, -0.25) is 4.79 Å². The molecule has 2 aromatic rings. The molecule has 1 amide bonds. The fourth-order valence-corrected chi connectivity index (χ4v) is 4.55. The van der Waals surface area contributed by atoms with E-state index in [1.807, 2.05) is 24.0 Å². The average molecular weight is 441 g/mol. The van der Waals surface area contributed by atoms with Crippen molar-refractivity contribution in [3.05, 3.63) is 64.4 Å². The third kappa shape index (κ3) is 3.53. The minimum atomic E-state index is -4.66. The van der Waals surface area contributed by atoms with Crippen LogP contribution in [0.5, 0.6) is 0 Å². The first-order valence-corrected chi connectivity index (χ1v) is 10.1. The van der Waals surface area contributed by atoms with Crippen LogP contribution in [0.2, 0.25) is 5.02 Å². The molecule has 0 N–H and O–H groups in total. The van der Waals surface area contributed by atoms with Crippen LogP contribution in [0.25, 0.3) is 0 Å². The van der Waals surface area contributed by atoms with E-state index in [-0.39, 0.29) is 19.5 Å². The lowest BCUT2D eigenvalue weighted by molar-refractivity contribution is -0.200. The Hall–Kier alpha value is -2.28. The van der Waals surface area contributed by atoms with Crippen LogP contribution in [-0.2, 0) is 4.79 Å². The van der Waals surface area contributed by atoms with Gasteiger partial charge in [0.25, 0.3) is 0 Å². The van der Waals surface area contributed by atoms with Crippen molar-refractivity contribution < 1.29 is 22.4 Å². The van der Waals surface area contributed by atoms with Gasteiger partial charge in [0.2, 0.25) is 5.91 Å². The van der Waals surface area contributed by atoms with Crippen molar-refractivity contribution in [2.24, 2.45) is 5.41 Å². The Morgan fingerprint density at radius 2 is 1.70 bits per heavy atom. The molecule has 4 rings (SSSR count). The first kappa shape index (κ1) is 21.0. The lowest BCUT2D eigenvalue weighted by Crippen LogP contribution is -2.53. The molecule has 2 atom stereocenters. The summed E-state index contributed by atoms with van der Waals surface area (Å²) in [6.07, 6.45) is -4.96. The highest BCUT2D eigenvalue weighted by atomic mass is 35.5. The van der Waals surface area contributed by atoms with Crippen molar-refractivity contribution in [3.8, 4) is 0 Å². The van der Waals surface area contributed by atoms with Gasteiger partial charge >= 0.3 is 6.18 Å². The Bertz CT molecular complexity index is 955. The number of hydrogen-bond donors (Lipinski definition) is 0. The molecule has 1 aliphatic heterocycles. The van der Waals surface area contributed by atoms with Gasteiger partial charge < -0.3 is 9.80 Å². The Kier molecular flexibility index (Phi) is 5.21. The van der Waals surface area contributed by atoms with Gasteiger partial charge in [-0.15, -0.1) is 0 Å². The summed E-state index contributed by atoms with van der Waals surface area (Å²) in [6.45, 7) is 3.22. The van der Waals surface area contributed by atoms with Crippen LogP contribution in [-0.4, -0.2) is 43.2 Å². The maximum Gasteiger partial charge on any atom is 0.403 e. The molecule has 160 valence electrons. The van der Waals surface area contributed by atoms with E-state index in [1.54, 1.807) is 6.07 Å². The van der Waals surface area contributed by atoms with E-state index >= 15 is 0 Å². The first-order chi connectivity index (χ1) is 14.1. The van der Waals surface area contributed by atoms with E-state index in [2.05, 4.69) is 0 Å². The van der Waals surface area contributed by atoms with Crippen LogP contribution in [0.1, 0.15) is 23.5 Å². The number of aryl methyl sites for hydroxylation is 1. The van der Waals surface area contributed by atoms with Crippen LogP contribution in [0.15, 0.2) is 42.5 Å². The van der Waals surface area contributed by atoms with Crippen molar-refractivity contribution in [1.82, 2.24) is 4.90 Å². The number of rotatable bonds is 3. The predicted molar refractivity (Wildman–Crippen MR) is 107 cm³/mol. The van der Waals surface area contributed by atoms with Crippen molar-refractivity contribution >= 4 is 23.2 Å². The van der Waals surface area contributed by atoms with Crippen LogP contribution in [0.3, 0.4) is 0 Å². The van der Waals surface area contributed by atoms with Crippen LogP contribution >= 0.6 is 11.6 Å². The van der Waals surface area contributed by atoms with Crippen molar-refractivity contribution in [2.45, 2.75) is 25.4 Å². The van der Waals surface area contributed by atoms with Crippen molar-refractivity contribution in [3.63, 3.8) is 0 Å². The minimum absolute atomic E-state index is 0.207. The zero-order chi connectivity index (χ0) is 21.7. The number of alkyl halides is 3. The Labute approximate surface area is 177 Å². The molecule has 0 spiro atoms. The predicted octanol–water partition coefficient (Wildman–Crippen LogP) is 5.17. The summed E-state index contributed by atoms with van der Waals surface area (Å²) in [6, 6.07) is 10.4. The molecule has 1 unspecified atom stereocenters. The third-order valence-electron chi connectivity index (χ3n) is 6.20.